The smallest absolute Gasteiger partial charge is 0.253 e. The normalized spacial score (nSPS) is 11.4. The average molecular weight is 469 g/mol. The predicted molar refractivity (Wildman–Crippen MR) is 117 cm³/mol. The number of carbonyl (C=O) groups is 1. The second kappa shape index (κ2) is 9.28. The third kappa shape index (κ3) is 5.58. The molecule has 3 rings (SSSR count). The van der Waals surface area contributed by atoms with Crippen LogP contribution < -0.4 is 4.72 Å². The van der Waals surface area contributed by atoms with Crippen LogP contribution in [0.1, 0.15) is 20.8 Å². The second-order valence-corrected chi connectivity index (χ2v) is 10.3. The first kappa shape index (κ1) is 21.8. The first-order chi connectivity index (χ1) is 13.8. The molecule has 2 aromatic carbocycles. The Kier molecular flexibility index (Phi) is 6.97. The molecule has 0 bridgehead atoms. The quantitative estimate of drug-likeness (QED) is 0.540. The van der Waals surface area contributed by atoms with Gasteiger partial charge in [0.15, 0.2) is 0 Å². The fraction of sp³-hybridized carbons (Fsp3) is 0.150. The van der Waals surface area contributed by atoms with E-state index in [1.165, 1.54) is 34.4 Å². The molecular weight excluding hydrogens is 451 g/mol. The number of amides is 1. The Morgan fingerprint density at radius 3 is 2.45 bits per heavy atom. The van der Waals surface area contributed by atoms with E-state index in [9.17, 15) is 13.2 Å². The van der Waals surface area contributed by atoms with Gasteiger partial charge in [0.05, 0.1) is 15.9 Å². The van der Waals surface area contributed by atoms with E-state index in [0.29, 0.717) is 10.9 Å². The molecule has 29 heavy (non-hydrogen) atoms. The molecular formula is C20H18Cl2N2O3S2. The summed E-state index contributed by atoms with van der Waals surface area (Å²) in [4.78, 5) is 15.1. The largest absolute Gasteiger partial charge is 0.337 e. The molecule has 1 aromatic heterocycles. The molecule has 0 aliphatic rings. The fourth-order valence-corrected chi connectivity index (χ4v) is 5.34. The monoisotopic (exact) mass is 468 g/mol. The maximum Gasteiger partial charge on any atom is 0.253 e. The van der Waals surface area contributed by atoms with Gasteiger partial charge in [0.2, 0.25) is 10.0 Å². The number of nitrogens with one attached hydrogen (secondary N) is 1. The van der Waals surface area contributed by atoms with Crippen LogP contribution in [0.4, 0.5) is 0 Å². The van der Waals surface area contributed by atoms with Gasteiger partial charge in [-0.2, -0.15) is 0 Å². The number of halogens is 2. The zero-order valence-electron chi connectivity index (χ0n) is 15.4. The number of nitrogens with zero attached hydrogens (tertiary/aromatic N) is 1. The maximum atomic E-state index is 12.8. The van der Waals surface area contributed by atoms with Crippen molar-refractivity contribution in [1.29, 1.82) is 0 Å². The zero-order valence-corrected chi connectivity index (χ0v) is 18.6. The fourth-order valence-electron chi connectivity index (χ4n) is 2.66. The molecule has 1 heterocycles. The Bertz CT molecular complexity index is 1120. The molecule has 0 aliphatic heterocycles. The lowest BCUT2D eigenvalue weighted by Gasteiger charge is -2.17. The summed E-state index contributed by atoms with van der Waals surface area (Å²) >= 11 is 13.4. The molecule has 0 spiro atoms. The summed E-state index contributed by atoms with van der Waals surface area (Å²) in [7, 11) is -2.25. The molecule has 0 radical (unpaired) electrons. The van der Waals surface area contributed by atoms with E-state index in [4.69, 9.17) is 23.2 Å². The van der Waals surface area contributed by atoms with E-state index in [0.717, 1.165) is 10.4 Å². The van der Waals surface area contributed by atoms with Crippen molar-refractivity contribution in [3.05, 3.63) is 86.0 Å². The summed E-state index contributed by atoms with van der Waals surface area (Å²) in [6.07, 6.45) is 0. The molecule has 0 aliphatic carbocycles. The van der Waals surface area contributed by atoms with Crippen LogP contribution in [0.5, 0.6) is 0 Å². The van der Waals surface area contributed by atoms with Crippen LogP contribution >= 0.6 is 34.5 Å². The van der Waals surface area contributed by atoms with Gasteiger partial charge in [0.1, 0.15) is 4.90 Å². The lowest BCUT2D eigenvalue weighted by Crippen LogP contribution is -2.27. The minimum absolute atomic E-state index is 0.0507. The summed E-state index contributed by atoms with van der Waals surface area (Å²) in [5, 5.41) is 0.0507. The lowest BCUT2D eigenvalue weighted by molar-refractivity contribution is 0.0786. The molecule has 9 heteroatoms. The van der Waals surface area contributed by atoms with Gasteiger partial charge in [-0.1, -0.05) is 53.5 Å². The molecule has 1 N–H and O–H groups in total. The third-order valence-corrected chi connectivity index (χ3v) is 7.24. The van der Waals surface area contributed by atoms with Crippen molar-refractivity contribution in [2.24, 2.45) is 0 Å². The standard InChI is InChI=1S/C20H18Cl2N2O3S2/c1-24(13-16-8-10-19(22)28-16)20(25)15-7-9-17(21)18(11-15)29(26,27)23-12-14-5-3-2-4-6-14/h2-11,23H,12-13H2,1H3. The average Bonchev–Trinajstić information content (AvgIpc) is 3.11. The molecule has 1 amide bonds. The van der Waals surface area contributed by atoms with Gasteiger partial charge in [-0.05, 0) is 35.9 Å². The number of benzene rings is 2. The van der Waals surface area contributed by atoms with Gasteiger partial charge in [-0.15, -0.1) is 11.3 Å². The highest BCUT2D eigenvalue weighted by Gasteiger charge is 2.21. The zero-order chi connectivity index (χ0) is 21.0. The lowest BCUT2D eigenvalue weighted by atomic mass is 10.2. The topological polar surface area (TPSA) is 66.5 Å². The molecule has 0 atom stereocenters. The van der Waals surface area contributed by atoms with E-state index < -0.39 is 10.0 Å². The SMILES string of the molecule is CN(Cc1ccc(Cl)s1)C(=O)c1ccc(Cl)c(S(=O)(=O)NCc2ccccc2)c1. The molecule has 0 unspecified atom stereocenters. The Morgan fingerprint density at radius 2 is 1.79 bits per heavy atom. The first-order valence-electron chi connectivity index (χ1n) is 8.59. The Morgan fingerprint density at radius 1 is 1.07 bits per heavy atom. The predicted octanol–water partition coefficient (Wildman–Crippen LogP) is 4.81. The van der Waals surface area contributed by atoms with Crippen LogP contribution in [0.25, 0.3) is 0 Å². The van der Waals surface area contributed by atoms with Crippen molar-refractivity contribution in [1.82, 2.24) is 9.62 Å². The van der Waals surface area contributed by atoms with Crippen LogP contribution in [-0.4, -0.2) is 26.3 Å². The van der Waals surface area contributed by atoms with Crippen LogP contribution in [0.15, 0.2) is 65.6 Å². The van der Waals surface area contributed by atoms with Gasteiger partial charge in [-0.3, -0.25) is 4.79 Å². The van der Waals surface area contributed by atoms with Crippen LogP contribution in [0.2, 0.25) is 9.36 Å². The molecule has 5 nitrogen and oxygen atoms in total. The van der Waals surface area contributed by atoms with Gasteiger partial charge in [0.25, 0.3) is 5.91 Å². The van der Waals surface area contributed by atoms with E-state index >= 15 is 0 Å². The van der Waals surface area contributed by atoms with Crippen LogP contribution in [0.3, 0.4) is 0 Å². The summed E-state index contributed by atoms with van der Waals surface area (Å²) in [5.74, 6) is -0.314. The van der Waals surface area contributed by atoms with Crippen molar-refractivity contribution < 1.29 is 13.2 Å². The van der Waals surface area contributed by atoms with Gasteiger partial charge < -0.3 is 4.90 Å². The van der Waals surface area contributed by atoms with Crippen molar-refractivity contribution in [2.75, 3.05) is 7.05 Å². The molecule has 0 saturated carbocycles. The highest BCUT2D eigenvalue weighted by Crippen LogP contribution is 2.25. The number of carbonyl (C=O) groups excluding carboxylic acids is 1. The van der Waals surface area contributed by atoms with E-state index in [2.05, 4.69) is 4.72 Å². The number of hydrogen-bond acceptors (Lipinski definition) is 4. The highest BCUT2D eigenvalue weighted by molar-refractivity contribution is 7.89. The summed E-state index contributed by atoms with van der Waals surface area (Å²) < 4.78 is 28.6. The Hall–Kier alpha value is -1.90. The first-order valence-corrected chi connectivity index (χ1v) is 11.6. The minimum Gasteiger partial charge on any atom is -0.337 e. The van der Waals surface area contributed by atoms with E-state index in [1.807, 2.05) is 36.4 Å². The second-order valence-electron chi connectivity index (χ2n) is 6.32. The van der Waals surface area contributed by atoms with E-state index in [-0.39, 0.29) is 27.9 Å². The third-order valence-electron chi connectivity index (χ3n) is 4.15. The summed E-state index contributed by atoms with van der Waals surface area (Å²) in [5.41, 5.74) is 1.05. The van der Waals surface area contributed by atoms with Crippen LogP contribution in [0, 0.1) is 0 Å². The van der Waals surface area contributed by atoms with Gasteiger partial charge in [-0.25, -0.2) is 13.1 Å². The molecule has 152 valence electrons. The van der Waals surface area contributed by atoms with E-state index in [1.54, 1.807) is 13.1 Å². The molecule has 0 fully saturated rings. The number of thiophene rings is 1. The van der Waals surface area contributed by atoms with Crippen molar-refractivity contribution in [2.45, 2.75) is 18.0 Å². The molecule has 0 saturated heterocycles. The number of sulfonamides is 1. The Balaban J connectivity index is 1.78. The molecule has 3 aromatic rings. The summed E-state index contributed by atoms with van der Waals surface area (Å²) in [6, 6.07) is 17.0. The number of rotatable bonds is 7. The van der Waals surface area contributed by atoms with Crippen molar-refractivity contribution in [3.63, 3.8) is 0 Å². The minimum atomic E-state index is -3.89. The van der Waals surface area contributed by atoms with Crippen molar-refractivity contribution in [3.8, 4) is 0 Å². The highest BCUT2D eigenvalue weighted by atomic mass is 35.5. The van der Waals surface area contributed by atoms with Crippen LogP contribution in [-0.2, 0) is 23.1 Å². The Labute approximate surface area is 183 Å². The van der Waals surface area contributed by atoms with Gasteiger partial charge >= 0.3 is 0 Å². The van der Waals surface area contributed by atoms with Crippen molar-refractivity contribution >= 4 is 50.5 Å². The maximum absolute atomic E-state index is 12.8. The number of hydrogen-bond donors (Lipinski definition) is 1. The van der Waals surface area contributed by atoms with Gasteiger partial charge in [0, 0.05) is 24.0 Å². The summed E-state index contributed by atoms with van der Waals surface area (Å²) in [6.45, 7) is 0.490.